The Labute approximate surface area is 121 Å². The van der Waals surface area contributed by atoms with Crippen LogP contribution >= 0.6 is 11.3 Å². The van der Waals surface area contributed by atoms with Gasteiger partial charge in [0.15, 0.2) is 0 Å². The predicted molar refractivity (Wildman–Crippen MR) is 85.2 cm³/mol. The Hall–Kier alpha value is -2.07. The zero-order valence-electron chi connectivity index (χ0n) is 11.0. The van der Waals surface area contributed by atoms with Gasteiger partial charge in [0.05, 0.1) is 0 Å². The average molecular weight is 281 g/mol. The molecule has 0 spiro atoms. The molecule has 3 heterocycles. The van der Waals surface area contributed by atoms with Crippen molar-refractivity contribution in [3.63, 3.8) is 0 Å². The van der Waals surface area contributed by atoms with E-state index in [-0.39, 0.29) is 0 Å². The van der Waals surface area contributed by atoms with E-state index in [0.29, 0.717) is 0 Å². The van der Waals surface area contributed by atoms with Gasteiger partial charge in [0.25, 0.3) is 0 Å². The summed E-state index contributed by atoms with van der Waals surface area (Å²) in [4.78, 5) is 8.16. The van der Waals surface area contributed by atoms with E-state index in [0.717, 1.165) is 30.6 Å². The summed E-state index contributed by atoms with van der Waals surface area (Å²) in [6.45, 7) is 2.05. The standard InChI is InChI=1S/C16H15N3S/c17-14-1-2-15(12-3-6-18-9-13(12)14)19-7-4-16-11(10-19)5-8-20-16/h1-3,5-6,8-9H,4,7,10,17H2. The number of hydrogen-bond acceptors (Lipinski definition) is 4. The highest BCUT2D eigenvalue weighted by atomic mass is 32.1. The Kier molecular flexibility index (Phi) is 2.63. The number of hydrogen-bond donors (Lipinski definition) is 1. The lowest BCUT2D eigenvalue weighted by Crippen LogP contribution is -2.29. The lowest BCUT2D eigenvalue weighted by Gasteiger charge is -2.30. The number of nitrogens with two attached hydrogens (primary N) is 1. The summed E-state index contributed by atoms with van der Waals surface area (Å²) in [5.74, 6) is 0. The van der Waals surface area contributed by atoms with Crippen LogP contribution in [0.25, 0.3) is 10.8 Å². The molecule has 3 nitrogen and oxygen atoms in total. The molecule has 0 saturated heterocycles. The van der Waals surface area contributed by atoms with Crippen molar-refractivity contribution in [1.29, 1.82) is 0 Å². The molecule has 1 aliphatic heterocycles. The van der Waals surface area contributed by atoms with Gasteiger partial charge in [-0.05, 0) is 41.6 Å². The topological polar surface area (TPSA) is 42.1 Å². The molecule has 0 saturated carbocycles. The highest BCUT2D eigenvalue weighted by molar-refractivity contribution is 7.10. The van der Waals surface area contributed by atoms with Gasteiger partial charge in [-0.15, -0.1) is 11.3 Å². The maximum atomic E-state index is 6.06. The van der Waals surface area contributed by atoms with Crippen LogP contribution in [0.15, 0.2) is 42.0 Å². The van der Waals surface area contributed by atoms with Crippen LogP contribution in [0.1, 0.15) is 10.4 Å². The largest absolute Gasteiger partial charge is 0.398 e. The third-order valence-electron chi connectivity index (χ3n) is 3.98. The summed E-state index contributed by atoms with van der Waals surface area (Å²) in [6.07, 6.45) is 4.82. The van der Waals surface area contributed by atoms with E-state index in [2.05, 4.69) is 33.5 Å². The molecular formula is C16H15N3S. The molecule has 0 radical (unpaired) electrons. The number of thiophene rings is 1. The first-order valence-corrected chi connectivity index (χ1v) is 7.63. The molecule has 0 amide bonds. The SMILES string of the molecule is Nc1ccc(N2CCc3sccc3C2)c2ccncc12. The maximum absolute atomic E-state index is 6.06. The monoisotopic (exact) mass is 281 g/mol. The molecule has 20 heavy (non-hydrogen) atoms. The van der Waals surface area contributed by atoms with Crippen molar-refractivity contribution >= 4 is 33.5 Å². The van der Waals surface area contributed by atoms with Crippen molar-refractivity contribution < 1.29 is 0 Å². The Morgan fingerprint density at radius 3 is 3.05 bits per heavy atom. The van der Waals surface area contributed by atoms with E-state index >= 15 is 0 Å². The van der Waals surface area contributed by atoms with Crippen LogP contribution in [0.4, 0.5) is 11.4 Å². The minimum Gasteiger partial charge on any atom is -0.398 e. The van der Waals surface area contributed by atoms with Crippen LogP contribution in [0, 0.1) is 0 Å². The zero-order valence-corrected chi connectivity index (χ0v) is 11.9. The lowest BCUT2D eigenvalue weighted by molar-refractivity contribution is 0.746. The first kappa shape index (κ1) is 11.7. The lowest BCUT2D eigenvalue weighted by atomic mass is 10.0. The Morgan fingerprint density at radius 2 is 2.10 bits per heavy atom. The average Bonchev–Trinajstić information content (AvgIpc) is 2.95. The van der Waals surface area contributed by atoms with Crippen LogP contribution < -0.4 is 10.6 Å². The Morgan fingerprint density at radius 1 is 1.15 bits per heavy atom. The van der Waals surface area contributed by atoms with Crippen molar-refractivity contribution in [1.82, 2.24) is 4.98 Å². The molecule has 2 N–H and O–H groups in total. The van der Waals surface area contributed by atoms with Crippen LogP contribution in [-0.4, -0.2) is 11.5 Å². The Balaban J connectivity index is 1.82. The third kappa shape index (κ3) is 1.76. The van der Waals surface area contributed by atoms with E-state index < -0.39 is 0 Å². The second-order valence-electron chi connectivity index (χ2n) is 5.14. The van der Waals surface area contributed by atoms with E-state index in [9.17, 15) is 0 Å². The molecule has 2 aromatic heterocycles. The molecule has 0 aliphatic carbocycles. The summed E-state index contributed by atoms with van der Waals surface area (Å²) >= 11 is 1.87. The fraction of sp³-hybridized carbons (Fsp3) is 0.188. The van der Waals surface area contributed by atoms with Crippen LogP contribution in [0.3, 0.4) is 0 Å². The number of nitrogens with zero attached hydrogens (tertiary/aromatic N) is 2. The highest BCUT2D eigenvalue weighted by Crippen LogP contribution is 2.34. The number of anilines is 2. The molecule has 0 unspecified atom stereocenters. The molecule has 0 atom stereocenters. The van der Waals surface area contributed by atoms with E-state index in [1.807, 2.05) is 29.8 Å². The summed E-state index contributed by atoms with van der Waals surface area (Å²) in [5.41, 5.74) is 9.57. The van der Waals surface area contributed by atoms with E-state index in [1.165, 1.54) is 21.5 Å². The fourth-order valence-corrected chi connectivity index (χ4v) is 3.82. The van der Waals surface area contributed by atoms with Gasteiger partial charge in [-0.1, -0.05) is 0 Å². The van der Waals surface area contributed by atoms with Crippen molar-refractivity contribution in [2.24, 2.45) is 0 Å². The summed E-state index contributed by atoms with van der Waals surface area (Å²) in [6, 6.07) is 8.43. The fourth-order valence-electron chi connectivity index (χ4n) is 2.93. The van der Waals surface area contributed by atoms with Crippen molar-refractivity contribution in [2.45, 2.75) is 13.0 Å². The number of rotatable bonds is 1. The third-order valence-corrected chi connectivity index (χ3v) is 5.00. The molecule has 3 aromatic rings. The molecule has 4 rings (SSSR count). The van der Waals surface area contributed by atoms with Gasteiger partial charge in [-0.2, -0.15) is 0 Å². The van der Waals surface area contributed by atoms with Crippen LogP contribution in [-0.2, 0) is 13.0 Å². The molecule has 4 heteroatoms. The number of fused-ring (bicyclic) bond motifs is 2. The van der Waals surface area contributed by atoms with Crippen molar-refractivity contribution in [3.05, 3.63) is 52.5 Å². The first-order chi connectivity index (χ1) is 9.83. The first-order valence-electron chi connectivity index (χ1n) is 6.75. The number of aromatic nitrogens is 1. The number of nitrogen functional groups attached to an aromatic ring is 1. The summed E-state index contributed by atoms with van der Waals surface area (Å²) in [5, 5.41) is 4.43. The molecule has 1 aliphatic rings. The van der Waals surface area contributed by atoms with Gasteiger partial charge in [0.1, 0.15) is 0 Å². The van der Waals surface area contributed by atoms with Gasteiger partial charge < -0.3 is 10.6 Å². The molecular weight excluding hydrogens is 266 g/mol. The van der Waals surface area contributed by atoms with Crippen molar-refractivity contribution in [2.75, 3.05) is 17.2 Å². The Bertz CT molecular complexity index is 778. The van der Waals surface area contributed by atoms with Gasteiger partial charge >= 0.3 is 0 Å². The van der Waals surface area contributed by atoms with Gasteiger partial charge in [0, 0.05) is 52.5 Å². The highest BCUT2D eigenvalue weighted by Gasteiger charge is 2.19. The van der Waals surface area contributed by atoms with Gasteiger partial charge in [-0.3, -0.25) is 4.98 Å². The summed E-state index contributed by atoms with van der Waals surface area (Å²) < 4.78 is 0. The number of pyridine rings is 1. The number of benzene rings is 1. The smallest absolute Gasteiger partial charge is 0.0451 e. The van der Waals surface area contributed by atoms with E-state index in [1.54, 1.807) is 0 Å². The molecule has 0 fully saturated rings. The van der Waals surface area contributed by atoms with E-state index in [4.69, 9.17) is 5.73 Å². The van der Waals surface area contributed by atoms with Crippen LogP contribution in [0.5, 0.6) is 0 Å². The van der Waals surface area contributed by atoms with Crippen molar-refractivity contribution in [3.8, 4) is 0 Å². The molecule has 0 bridgehead atoms. The molecule has 1 aromatic carbocycles. The second kappa shape index (κ2) is 4.49. The second-order valence-corrected chi connectivity index (χ2v) is 6.14. The van der Waals surface area contributed by atoms with Gasteiger partial charge in [-0.25, -0.2) is 0 Å². The van der Waals surface area contributed by atoms with Crippen LogP contribution in [0.2, 0.25) is 0 Å². The minimum absolute atomic E-state index is 0.796. The minimum atomic E-state index is 0.796. The zero-order chi connectivity index (χ0) is 13.5. The summed E-state index contributed by atoms with van der Waals surface area (Å²) in [7, 11) is 0. The maximum Gasteiger partial charge on any atom is 0.0451 e. The normalized spacial score (nSPS) is 14.5. The quantitative estimate of drug-likeness (QED) is 0.695. The van der Waals surface area contributed by atoms with Gasteiger partial charge in [0.2, 0.25) is 0 Å². The predicted octanol–water partition coefficient (Wildman–Crippen LogP) is 3.44. The molecule has 100 valence electrons.